The number of likely N-dealkylation sites (tertiary alicyclic amines) is 1. The number of benzene rings is 2. The van der Waals surface area contributed by atoms with E-state index in [1.807, 2.05) is 24.4 Å². The molecular weight excluding hydrogens is 736 g/mol. The molecule has 16 nitrogen and oxygen atoms in total. The lowest BCUT2D eigenvalue weighted by atomic mass is 9.98. The minimum atomic E-state index is -1.07. The second kappa shape index (κ2) is 16.9. The van der Waals surface area contributed by atoms with Gasteiger partial charge in [-0.15, -0.1) is 0 Å². The van der Waals surface area contributed by atoms with Crippen molar-refractivity contribution in [3.8, 4) is 28.4 Å². The smallest absolute Gasteiger partial charge is 0.266 e. The number of imide groups is 2. The number of ether oxygens (including phenoxy) is 4. The van der Waals surface area contributed by atoms with Gasteiger partial charge in [-0.2, -0.15) is 0 Å². The van der Waals surface area contributed by atoms with E-state index >= 15 is 0 Å². The highest BCUT2D eigenvalue weighted by atomic mass is 16.5. The molecule has 2 aromatic carbocycles. The molecule has 4 aromatic rings. The molecule has 1 atom stereocenters. The van der Waals surface area contributed by atoms with Crippen LogP contribution >= 0.6 is 0 Å². The van der Waals surface area contributed by atoms with Gasteiger partial charge in [-0.25, -0.2) is 0 Å². The third-order valence-corrected chi connectivity index (χ3v) is 10.6. The molecule has 2 saturated heterocycles. The largest absolute Gasteiger partial charge is 0.496 e. The summed E-state index contributed by atoms with van der Waals surface area (Å²) in [6.07, 6.45) is 6.86. The Morgan fingerprint density at radius 2 is 1.65 bits per heavy atom. The van der Waals surface area contributed by atoms with Crippen LogP contribution in [0.15, 0.2) is 59.8 Å². The van der Waals surface area contributed by atoms with Crippen LogP contribution in [-0.4, -0.2) is 108 Å². The number of nitrogens with zero attached hydrogens (tertiary/aromatic N) is 4. The van der Waals surface area contributed by atoms with Gasteiger partial charge in [0, 0.05) is 69.7 Å². The molecule has 16 heteroatoms. The molecule has 0 radical (unpaired) electrons. The van der Waals surface area contributed by atoms with Crippen LogP contribution in [0.1, 0.15) is 58.4 Å². The number of nitrogens with one attached hydrogen (secondary N) is 2. The Morgan fingerprint density at radius 3 is 2.37 bits per heavy atom. The molecule has 1 unspecified atom stereocenters. The number of piperidine rings is 2. The molecular formula is C41H44N6O10. The fraction of sp³-hybridized carbons (Fsp3) is 0.390. The van der Waals surface area contributed by atoms with Crippen molar-refractivity contribution in [1.29, 1.82) is 0 Å². The summed E-state index contributed by atoms with van der Waals surface area (Å²) in [6.45, 7) is 2.48. The van der Waals surface area contributed by atoms with Gasteiger partial charge in [0.25, 0.3) is 17.4 Å². The maximum absolute atomic E-state index is 13.2. The summed E-state index contributed by atoms with van der Waals surface area (Å²) in [5, 5.41) is 6.62. The molecule has 0 bridgehead atoms. The molecule has 3 aliphatic rings. The number of methoxy groups -OCH3 is 2. The maximum Gasteiger partial charge on any atom is 0.266 e. The zero-order chi connectivity index (χ0) is 40.2. The topological polar surface area (TPSA) is 188 Å². The SMILES string of the molecule is COc1cc(-c2cn(C)c(=O)c3cnccc23)cc(OC)c1CN1CCC(NC(=O)CCOCCOc2cccc3c2C(=O)N(C2CCC(=O)NC2=O)C3=O)CC1. The van der Waals surface area contributed by atoms with Crippen molar-refractivity contribution in [3.05, 3.63) is 82.0 Å². The van der Waals surface area contributed by atoms with Crippen molar-refractivity contribution in [1.82, 2.24) is 30.0 Å². The monoisotopic (exact) mass is 780 g/mol. The van der Waals surface area contributed by atoms with Crippen molar-refractivity contribution >= 4 is 40.3 Å². The predicted octanol–water partition coefficient (Wildman–Crippen LogP) is 2.59. The van der Waals surface area contributed by atoms with E-state index in [1.54, 1.807) is 50.4 Å². The third-order valence-electron chi connectivity index (χ3n) is 10.6. The number of carbonyl (C=O) groups excluding carboxylic acids is 5. The molecule has 3 aliphatic heterocycles. The Hall–Kier alpha value is -6.13. The van der Waals surface area contributed by atoms with Crippen molar-refractivity contribution in [2.24, 2.45) is 7.05 Å². The highest BCUT2D eigenvalue weighted by molar-refractivity contribution is 6.24. The Labute approximate surface area is 328 Å². The second-order valence-electron chi connectivity index (χ2n) is 14.2. The zero-order valence-electron chi connectivity index (χ0n) is 32.0. The summed E-state index contributed by atoms with van der Waals surface area (Å²) >= 11 is 0. The summed E-state index contributed by atoms with van der Waals surface area (Å²) in [7, 11) is 4.98. The first kappa shape index (κ1) is 39.1. The lowest BCUT2D eigenvalue weighted by Gasteiger charge is -2.33. The first-order chi connectivity index (χ1) is 27.6. The number of hydrogen-bond acceptors (Lipinski definition) is 12. The van der Waals surface area contributed by atoms with Crippen LogP contribution in [0, 0.1) is 0 Å². The predicted molar refractivity (Wildman–Crippen MR) is 206 cm³/mol. The number of amides is 5. The third kappa shape index (κ3) is 8.09. The lowest BCUT2D eigenvalue weighted by molar-refractivity contribution is -0.136. The summed E-state index contributed by atoms with van der Waals surface area (Å²) < 4.78 is 24.7. The first-order valence-corrected chi connectivity index (χ1v) is 18.8. The van der Waals surface area contributed by atoms with E-state index in [0.717, 1.165) is 52.9 Å². The molecule has 57 heavy (non-hydrogen) atoms. The molecule has 5 amide bonds. The van der Waals surface area contributed by atoms with Gasteiger partial charge in [0.2, 0.25) is 17.7 Å². The van der Waals surface area contributed by atoms with Gasteiger partial charge < -0.3 is 28.8 Å². The van der Waals surface area contributed by atoms with Crippen LogP contribution in [0.2, 0.25) is 0 Å². The van der Waals surface area contributed by atoms with Crippen LogP contribution in [0.5, 0.6) is 17.2 Å². The summed E-state index contributed by atoms with van der Waals surface area (Å²) in [4.78, 5) is 83.1. The van der Waals surface area contributed by atoms with Crippen LogP contribution in [-0.2, 0) is 32.7 Å². The number of rotatable bonds is 14. The molecule has 7 rings (SSSR count). The van der Waals surface area contributed by atoms with E-state index in [4.69, 9.17) is 18.9 Å². The van der Waals surface area contributed by atoms with Crippen molar-refractivity contribution in [2.45, 2.75) is 50.7 Å². The van der Waals surface area contributed by atoms with Crippen molar-refractivity contribution in [2.75, 3.05) is 47.1 Å². The average molecular weight is 781 g/mol. The van der Waals surface area contributed by atoms with Gasteiger partial charge >= 0.3 is 0 Å². The van der Waals surface area contributed by atoms with Crippen LogP contribution in [0.25, 0.3) is 21.9 Å². The van der Waals surface area contributed by atoms with E-state index in [-0.39, 0.29) is 73.5 Å². The van der Waals surface area contributed by atoms with E-state index in [0.29, 0.717) is 23.4 Å². The fourth-order valence-corrected chi connectivity index (χ4v) is 7.68. The fourth-order valence-electron chi connectivity index (χ4n) is 7.68. The van der Waals surface area contributed by atoms with Crippen LogP contribution in [0.3, 0.4) is 0 Å². The van der Waals surface area contributed by atoms with Gasteiger partial charge in [-0.3, -0.25) is 48.9 Å². The zero-order valence-corrected chi connectivity index (χ0v) is 32.0. The van der Waals surface area contributed by atoms with E-state index in [9.17, 15) is 28.8 Å². The highest BCUT2D eigenvalue weighted by Gasteiger charge is 2.46. The molecule has 0 aliphatic carbocycles. The molecule has 0 saturated carbocycles. The van der Waals surface area contributed by atoms with Gasteiger partial charge in [0.05, 0.1) is 49.5 Å². The average Bonchev–Trinajstić information content (AvgIpc) is 3.47. The lowest BCUT2D eigenvalue weighted by Crippen LogP contribution is -2.54. The molecule has 2 aromatic heterocycles. The minimum absolute atomic E-state index is 0.0240. The van der Waals surface area contributed by atoms with Gasteiger partial charge in [-0.05, 0) is 60.5 Å². The number of aromatic nitrogens is 2. The normalized spacial score (nSPS) is 17.5. The van der Waals surface area contributed by atoms with Crippen LogP contribution in [0.4, 0.5) is 0 Å². The van der Waals surface area contributed by atoms with Crippen molar-refractivity contribution in [3.63, 3.8) is 0 Å². The van der Waals surface area contributed by atoms with E-state index in [2.05, 4.69) is 20.5 Å². The molecule has 298 valence electrons. The van der Waals surface area contributed by atoms with Crippen molar-refractivity contribution < 1.29 is 42.9 Å². The molecule has 0 spiro atoms. The summed E-state index contributed by atoms with van der Waals surface area (Å²) in [5.74, 6) is -0.960. The number of hydrogen-bond donors (Lipinski definition) is 2. The Balaban J connectivity index is 0.859. The Bertz CT molecular complexity index is 2270. The number of fused-ring (bicyclic) bond motifs is 2. The van der Waals surface area contributed by atoms with Gasteiger partial charge in [0.15, 0.2) is 0 Å². The summed E-state index contributed by atoms with van der Waals surface area (Å²) in [6, 6.07) is 9.38. The quantitative estimate of drug-likeness (QED) is 0.141. The van der Waals surface area contributed by atoms with Crippen LogP contribution < -0.4 is 30.4 Å². The van der Waals surface area contributed by atoms with E-state index < -0.39 is 29.7 Å². The first-order valence-electron chi connectivity index (χ1n) is 18.8. The minimum Gasteiger partial charge on any atom is -0.496 e. The maximum atomic E-state index is 13.2. The Morgan fingerprint density at radius 1 is 0.895 bits per heavy atom. The number of aryl methyl sites for hydroxylation is 1. The summed E-state index contributed by atoms with van der Waals surface area (Å²) in [5.41, 5.74) is 2.70. The van der Waals surface area contributed by atoms with Gasteiger partial charge in [0.1, 0.15) is 29.9 Å². The van der Waals surface area contributed by atoms with Gasteiger partial charge in [-0.1, -0.05) is 6.07 Å². The molecule has 2 N–H and O–H groups in total. The van der Waals surface area contributed by atoms with E-state index in [1.165, 1.54) is 6.07 Å². The molecule has 5 heterocycles. The number of pyridine rings is 2. The molecule has 2 fully saturated rings. The Kier molecular flexibility index (Phi) is 11.6. The standard InChI is InChI=1S/C41H44N6O10/c1-45-22-29(26-9-13-42-21-28(26)39(45)51)24-19-33(54-2)30(34(20-24)55-3)23-46-14-10-25(11-15-46)43-36(49)12-16-56-17-18-57-32-6-4-5-27-37(32)41(53)47(40(27)52)31-7-8-35(48)44-38(31)50/h4-6,9,13,19-22,25,31H,7-8,10-12,14-18,23H2,1-3H3,(H,43,49)(H,44,48,50). The highest BCUT2D eigenvalue weighted by Crippen LogP contribution is 2.38. The second-order valence-corrected chi connectivity index (χ2v) is 14.2. The number of carbonyl (C=O) groups is 5.